The highest BCUT2D eigenvalue weighted by molar-refractivity contribution is 5.95. The van der Waals surface area contributed by atoms with Gasteiger partial charge in [-0.2, -0.15) is 0 Å². The molecule has 12 nitrogen and oxygen atoms in total. The highest BCUT2D eigenvalue weighted by Crippen LogP contribution is 2.39. The van der Waals surface area contributed by atoms with Crippen molar-refractivity contribution < 1.29 is 38.4 Å². The molecule has 0 radical (unpaired) electrons. The van der Waals surface area contributed by atoms with Crippen LogP contribution in [-0.2, 0) is 36.7 Å². The summed E-state index contributed by atoms with van der Waals surface area (Å²) < 4.78 is 23.2. The zero-order valence-electron chi connectivity index (χ0n) is 26.6. The Bertz CT molecular complexity index is 1900. The number of fused-ring (bicyclic) bond motifs is 2. The first kappa shape index (κ1) is 30.2. The molecule has 2 aromatic heterocycles. The predicted octanol–water partition coefficient (Wildman–Crippen LogP) is 4.06. The van der Waals surface area contributed by atoms with Gasteiger partial charge in [0.15, 0.2) is 5.76 Å². The van der Waals surface area contributed by atoms with Crippen LogP contribution in [0.1, 0.15) is 49.8 Å². The van der Waals surface area contributed by atoms with E-state index in [0.29, 0.717) is 53.5 Å². The molecule has 4 heterocycles. The second-order valence-electron chi connectivity index (χ2n) is 13.1. The van der Waals surface area contributed by atoms with Crippen LogP contribution in [0.15, 0.2) is 60.1 Å². The number of hydrogen-bond donors (Lipinski definition) is 2. The number of allylic oxidation sites excluding steroid dienone is 2. The standard InChI is InChI=1S/C36H36N4O8/c1-45-22-8-9-24-27(15-22)38-28(26-10-6-20-4-2-3-5-25(20)37-26)17-31(24)48-23-16-29(33(41)39-36(12-13-36)35(43)44)40(18-23)34(42)21-7-11-30-32(14-21)47-19-46-30/h6-11,15,17,21,23,29H,2-5,12-14,16,18-19H2,1H3,(H,39,41)(H,43,44)/t21?,23-,29+/m1/s1. The quantitative estimate of drug-likeness (QED) is 0.365. The summed E-state index contributed by atoms with van der Waals surface area (Å²) >= 11 is 0. The average molecular weight is 653 g/mol. The number of carbonyl (C=O) groups is 3. The van der Waals surface area contributed by atoms with Crippen molar-refractivity contribution in [3.05, 3.63) is 71.3 Å². The highest BCUT2D eigenvalue weighted by Gasteiger charge is 2.54. The number of pyridine rings is 2. The Balaban J connectivity index is 1.11. The predicted molar refractivity (Wildman–Crippen MR) is 172 cm³/mol. The molecule has 248 valence electrons. The monoisotopic (exact) mass is 652 g/mol. The van der Waals surface area contributed by atoms with Gasteiger partial charge >= 0.3 is 5.97 Å². The van der Waals surface area contributed by atoms with Crippen molar-refractivity contribution in [2.45, 2.75) is 69.1 Å². The van der Waals surface area contributed by atoms with Crippen LogP contribution in [0, 0.1) is 5.92 Å². The van der Waals surface area contributed by atoms with Crippen molar-refractivity contribution in [3.63, 3.8) is 0 Å². The van der Waals surface area contributed by atoms with Crippen LogP contribution < -0.4 is 14.8 Å². The Kier molecular flexibility index (Phi) is 7.45. The van der Waals surface area contributed by atoms with Crippen LogP contribution in [0.2, 0.25) is 0 Å². The van der Waals surface area contributed by atoms with Gasteiger partial charge < -0.3 is 34.3 Å². The van der Waals surface area contributed by atoms with Gasteiger partial charge in [0.2, 0.25) is 18.6 Å². The highest BCUT2D eigenvalue weighted by atomic mass is 16.7. The molecule has 0 bridgehead atoms. The number of likely N-dealkylation sites (tertiary alicyclic amines) is 1. The molecule has 2 N–H and O–H groups in total. The second kappa shape index (κ2) is 11.8. The normalized spacial score (nSPS) is 23.5. The lowest BCUT2D eigenvalue weighted by molar-refractivity contribution is -0.145. The smallest absolute Gasteiger partial charge is 0.329 e. The SMILES string of the molecule is COc1ccc2c(O[C@@H]3C[C@@H](C(=O)NC4(C(=O)O)CC4)N(C(=O)C4C=CC5=C(C4)OCO5)C3)cc(-c3ccc4c(n3)CCCC4)nc2c1. The number of nitrogens with one attached hydrogen (secondary N) is 1. The van der Waals surface area contributed by atoms with Crippen molar-refractivity contribution in [1.82, 2.24) is 20.2 Å². The summed E-state index contributed by atoms with van der Waals surface area (Å²) in [6.45, 7) is 0.240. The molecule has 1 saturated heterocycles. The van der Waals surface area contributed by atoms with E-state index in [1.807, 2.05) is 30.3 Å². The van der Waals surface area contributed by atoms with Crippen molar-refractivity contribution in [2.75, 3.05) is 20.4 Å². The Labute approximate surface area is 276 Å². The third-order valence-electron chi connectivity index (χ3n) is 10.0. The van der Waals surface area contributed by atoms with Gasteiger partial charge in [-0.15, -0.1) is 0 Å². The van der Waals surface area contributed by atoms with Gasteiger partial charge in [-0.1, -0.05) is 12.1 Å². The van der Waals surface area contributed by atoms with Crippen LogP contribution >= 0.6 is 0 Å². The number of carbonyl (C=O) groups excluding carboxylic acids is 2. The minimum Gasteiger partial charge on any atom is -0.497 e. The Morgan fingerprint density at radius 3 is 2.71 bits per heavy atom. The Morgan fingerprint density at radius 1 is 1.04 bits per heavy atom. The van der Waals surface area contributed by atoms with E-state index in [0.717, 1.165) is 42.5 Å². The number of rotatable bonds is 8. The van der Waals surface area contributed by atoms with E-state index in [4.69, 9.17) is 28.9 Å². The summed E-state index contributed by atoms with van der Waals surface area (Å²) in [5, 5.41) is 13.2. The Morgan fingerprint density at radius 2 is 1.90 bits per heavy atom. The van der Waals surface area contributed by atoms with Gasteiger partial charge in [-0.25, -0.2) is 9.78 Å². The number of nitrogens with zero attached hydrogens (tertiary/aromatic N) is 3. The van der Waals surface area contributed by atoms with E-state index < -0.39 is 35.5 Å². The lowest BCUT2D eigenvalue weighted by atomic mass is 9.95. The van der Waals surface area contributed by atoms with Crippen LogP contribution in [-0.4, -0.2) is 75.9 Å². The minimum atomic E-state index is -1.29. The van der Waals surface area contributed by atoms with Gasteiger partial charge in [0.05, 0.1) is 36.5 Å². The largest absolute Gasteiger partial charge is 0.497 e. The molecule has 1 unspecified atom stereocenters. The first-order valence-electron chi connectivity index (χ1n) is 16.5. The fraction of sp³-hybridized carbons (Fsp3) is 0.417. The number of amides is 2. The number of benzene rings is 1. The molecule has 3 aromatic rings. The average Bonchev–Trinajstić information content (AvgIpc) is 3.53. The topological polar surface area (TPSA) is 149 Å². The summed E-state index contributed by atoms with van der Waals surface area (Å²) in [6, 6.07) is 10.6. The summed E-state index contributed by atoms with van der Waals surface area (Å²) in [5.74, 6) is 0.00440. The summed E-state index contributed by atoms with van der Waals surface area (Å²) in [7, 11) is 1.60. The molecule has 8 rings (SSSR count). The maximum absolute atomic E-state index is 14.0. The molecule has 2 amide bonds. The van der Waals surface area contributed by atoms with Crippen LogP contribution in [0.5, 0.6) is 11.5 Å². The van der Waals surface area contributed by atoms with Gasteiger partial charge in [0.25, 0.3) is 0 Å². The molecule has 0 spiro atoms. The summed E-state index contributed by atoms with van der Waals surface area (Å²) in [4.78, 5) is 51.1. The van der Waals surface area contributed by atoms with Crippen molar-refractivity contribution in [1.29, 1.82) is 0 Å². The maximum Gasteiger partial charge on any atom is 0.329 e. The fourth-order valence-corrected chi connectivity index (χ4v) is 7.12. The zero-order chi connectivity index (χ0) is 33.0. The third-order valence-corrected chi connectivity index (χ3v) is 10.0. The van der Waals surface area contributed by atoms with Crippen molar-refractivity contribution >= 4 is 28.7 Å². The molecule has 3 atom stereocenters. The van der Waals surface area contributed by atoms with Crippen molar-refractivity contribution in [2.24, 2.45) is 5.92 Å². The summed E-state index contributed by atoms with van der Waals surface area (Å²) in [6.07, 6.45) is 8.35. The van der Waals surface area contributed by atoms with E-state index in [1.165, 1.54) is 10.5 Å². The van der Waals surface area contributed by atoms with Gasteiger partial charge in [-0.3, -0.25) is 14.6 Å². The number of ether oxygens (including phenoxy) is 4. The lowest BCUT2D eigenvalue weighted by Gasteiger charge is -2.28. The summed E-state index contributed by atoms with van der Waals surface area (Å²) in [5.41, 5.74) is 3.12. The molecule has 2 aliphatic heterocycles. The van der Waals surface area contributed by atoms with Gasteiger partial charge in [0, 0.05) is 36.1 Å². The van der Waals surface area contributed by atoms with Crippen molar-refractivity contribution in [3.8, 4) is 22.9 Å². The number of carboxylic acids is 1. The number of methoxy groups -OCH3 is 1. The molecule has 5 aliphatic rings. The number of aryl methyl sites for hydroxylation is 2. The number of aromatic nitrogens is 2. The van der Waals surface area contributed by atoms with Crippen LogP contribution in [0.3, 0.4) is 0 Å². The van der Waals surface area contributed by atoms with Crippen LogP contribution in [0.4, 0.5) is 0 Å². The molecular formula is C36H36N4O8. The third kappa shape index (κ3) is 5.48. The molecule has 1 aromatic carbocycles. The first-order valence-corrected chi connectivity index (χ1v) is 16.5. The molecule has 48 heavy (non-hydrogen) atoms. The zero-order valence-corrected chi connectivity index (χ0v) is 26.6. The van der Waals surface area contributed by atoms with E-state index >= 15 is 0 Å². The van der Waals surface area contributed by atoms with E-state index in [2.05, 4.69) is 11.4 Å². The number of carboxylic acid groups (broad SMARTS) is 1. The minimum absolute atomic E-state index is 0.104. The van der Waals surface area contributed by atoms with E-state index in [-0.39, 0.29) is 25.7 Å². The van der Waals surface area contributed by atoms with E-state index in [9.17, 15) is 19.5 Å². The van der Waals surface area contributed by atoms with E-state index in [1.54, 1.807) is 19.3 Å². The molecule has 12 heteroatoms. The van der Waals surface area contributed by atoms with Gasteiger partial charge in [-0.05, 0) is 68.4 Å². The van der Waals surface area contributed by atoms with Crippen LogP contribution in [0.25, 0.3) is 22.3 Å². The molecule has 2 fully saturated rings. The number of hydrogen-bond acceptors (Lipinski definition) is 9. The first-order chi connectivity index (χ1) is 23.3. The molecular weight excluding hydrogens is 616 g/mol. The molecule has 1 saturated carbocycles. The Hall–Kier alpha value is -5.13. The fourth-order valence-electron chi connectivity index (χ4n) is 7.12. The second-order valence-corrected chi connectivity index (χ2v) is 13.1. The molecule has 3 aliphatic carbocycles. The maximum atomic E-state index is 14.0. The van der Waals surface area contributed by atoms with Gasteiger partial charge in [0.1, 0.15) is 34.9 Å². The number of aliphatic carboxylic acids is 1. The lowest BCUT2D eigenvalue weighted by Crippen LogP contribution is -2.53.